The van der Waals surface area contributed by atoms with E-state index in [0.717, 1.165) is 17.5 Å². The fourth-order valence-corrected chi connectivity index (χ4v) is 1.78. The Hall–Kier alpha value is -1.70. The number of hydrogen-bond donors (Lipinski definition) is 1. The smallest absolute Gasteiger partial charge is 0.374 e. The molecule has 0 spiro atoms. The van der Waals surface area contributed by atoms with Crippen molar-refractivity contribution in [1.82, 2.24) is 15.2 Å². The Kier molecular flexibility index (Phi) is 2.50. The van der Waals surface area contributed by atoms with Crippen molar-refractivity contribution in [2.45, 2.75) is 6.18 Å². The van der Waals surface area contributed by atoms with Crippen LogP contribution in [-0.4, -0.2) is 15.2 Å². The summed E-state index contributed by atoms with van der Waals surface area (Å²) in [5.41, 5.74) is 4.23. The molecule has 2 N–H and O–H groups in total. The van der Waals surface area contributed by atoms with Gasteiger partial charge in [0.15, 0.2) is 10.7 Å². The van der Waals surface area contributed by atoms with Gasteiger partial charge in [0.1, 0.15) is 0 Å². The lowest BCUT2D eigenvalue weighted by molar-refractivity contribution is -0.140. The Morgan fingerprint density at radius 3 is 2.56 bits per heavy atom. The van der Waals surface area contributed by atoms with Crippen LogP contribution in [0, 0.1) is 0 Å². The van der Waals surface area contributed by atoms with Crippen LogP contribution in [0.25, 0.3) is 10.6 Å². The van der Waals surface area contributed by atoms with E-state index in [4.69, 9.17) is 5.73 Å². The molecule has 84 valence electrons. The van der Waals surface area contributed by atoms with E-state index in [1.807, 2.05) is 0 Å². The second-order valence-electron chi connectivity index (χ2n) is 2.84. The van der Waals surface area contributed by atoms with E-state index in [-0.39, 0.29) is 15.7 Å². The Bertz CT molecular complexity index is 508. The van der Waals surface area contributed by atoms with Gasteiger partial charge in [-0.25, -0.2) is 0 Å². The molecule has 0 fully saturated rings. The lowest BCUT2D eigenvalue weighted by Gasteiger charge is -2.08. The molecule has 0 unspecified atom stereocenters. The molecular formula is C8H5F3N4S. The van der Waals surface area contributed by atoms with Gasteiger partial charge in [0, 0.05) is 11.8 Å². The number of anilines is 1. The molecule has 0 radical (unpaired) electrons. The first-order chi connectivity index (χ1) is 7.48. The normalized spacial score (nSPS) is 11.7. The van der Waals surface area contributed by atoms with Crippen LogP contribution in [0.3, 0.4) is 0 Å². The maximum absolute atomic E-state index is 12.6. The topological polar surface area (TPSA) is 64.7 Å². The van der Waals surface area contributed by atoms with Crippen LogP contribution >= 0.6 is 11.3 Å². The first-order valence-corrected chi connectivity index (χ1v) is 4.91. The number of rotatable bonds is 1. The van der Waals surface area contributed by atoms with Crippen LogP contribution in [0.1, 0.15) is 5.69 Å². The molecule has 2 heterocycles. The van der Waals surface area contributed by atoms with Crippen molar-refractivity contribution in [3.63, 3.8) is 0 Å². The first-order valence-electron chi connectivity index (χ1n) is 4.10. The number of alkyl halides is 3. The SMILES string of the molecule is Nc1nnc(-c2cccnc2C(F)(F)F)s1. The van der Waals surface area contributed by atoms with Crippen LogP contribution in [0.4, 0.5) is 18.3 Å². The number of nitrogens with two attached hydrogens (primary N) is 1. The van der Waals surface area contributed by atoms with Crippen LogP contribution < -0.4 is 5.73 Å². The van der Waals surface area contributed by atoms with Gasteiger partial charge in [0.2, 0.25) is 5.13 Å². The van der Waals surface area contributed by atoms with Crippen molar-refractivity contribution >= 4 is 16.5 Å². The summed E-state index contributed by atoms with van der Waals surface area (Å²) in [5.74, 6) is 0. The van der Waals surface area contributed by atoms with E-state index in [0.29, 0.717) is 0 Å². The monoisotopic (exact) mass is 246 g/mol. The van der Waals surface area contributed by atoms with Gasteiger partial charge < -0.3 is 5.73 Å². The predicted molar refractivity (Wildman–Crippen MR) is 52.6 cm³/mol. The summed E-state index contributed by atoms with van der Waals surface area (Å²) in [7, 11) is 0. The summed E-state index contributed by atoms with van der Waals surface area (Å²) in [4.78, 5) is 3.31. The van der Waals surface area contributed by atoms with Gasteiger partial charge in [-0.05, 0) is 12.1 Å². The molecule has 2 aromatic heterocycles. The largest absolute Gasteiger partial charge is 0.434 e. The molecule has 0 amide bonds. The molecule has 0 bridgehead atoms. The number of halogens is 3. The van der Waals surface area contributed by atoms with E-state index in [2.05, 4.69) is 15.2 Å². The average Bonchev–Trinajstić information content (AvgIpc) is 2.64. The van der Waals surface area contributed by atoms with Crippen molar-refractivity contribution in [2.24, 2.45) is 0 Å². The van der Waals surface area contributed by atoms with Gasteiger partial charge in [-0.2, -0.15) is 13.2 Å². The molecule has 0 aliphatic heterocycles. The zero-order valence-electron chi connectivity index (χ0n) is 7.69. The maximum atomic E-state index is 12.6. The Balaban J connectivity index is 2.57. The zero-order valence-corrected chi connectivity index (χ0v) is 8.51. The third-order valence-electron chi connectivity index (χ3n) is 1.75. The number of nitrogen functional groups attached to an aromatic ring is 1. The molecule has 16 heavy (non-hydrogen) atoms. The average molecular weight is 246 g/mol. The maximum Gasteiger partial charge on any atom is 0.434 e. The summed E-state index contributed by atoms with van der Waals surface area (Å²) in [5, 5.41) is 7.26. The summed E-state index contributed by atoms with van der Waals surface area (Å²) in [6.07, 6.45) is -3.44. The third-order valence-corrected chi connectivity index (χ3v) is 2.53. The minimum Gasteiger partial charge on any atom is -0.374 e. The molecule has 4 nitrogen and oxygen atoms in total. The summed E-state index contributed by atoms with van der Waals surface area (Å²) < 4.78 is 37.8. The Labute approximate surface area is 92.0 Å². The van der Waals surface area contributed by atoms with Crippen molar-refractivity contribution in [3.8, 4) is 10.6 Å². The molecular weight excluding hydrogens is 241 g/mol. The first kappa shape index (κ1) is 10.8. The lowest BCUT2D eigenvalue weighted by atomic mass is 10.2. The molecule has 2 rings (SSSR count). The summed E-state index contributed by atoms with van der Waals surface area (Å²) in [6.45, 7) is 0. The van der Waals surface area contributed by atoms with Crippen LogP contribution in [-0.2, 0) is 6.18 Å². The molecule has 0 saturated heterocycles. The van der Waals surface area contributed by atoms with Gasteiger partial charge in [-0.15, -0.1) is 10.2 Å². The van der Waals surface area contributed by atoms with Gasteiger partial charge in [-0.1, -0.05) is 11.3 Å². The molecule has 0 atom stereocenters. The number of pyridine rings is 1. The van der Waals surface area contributed by atoms with Gasteiger partial charge >= 0.3 is 6.18 Å². The molecule has 0 saturated carbocycles. The quantitative estimate of drug-likeness (QED) is 0.837. The minimum atomic E-state index is -4.52. The fourth-order valence-electron chi connectivity index (χ4n) is 1.15. The van der Waals surface area contributed by atoms with E-state index >= 15 is 0 Å². The highest BCUT2D eigenvalue weighted by Crippen LogP contribution is 2.36. The van der Waals surface area contributed by atoms with Gasteiger partial charge in [0.25, 0.3) is 0 Å². The standard InChI is InChI=1S/C8H5F3N4S/c9-8(10,11)5-4(2-1-3-13-5)6-14-15-7(12)16-6/h1-3H,(H2,12,15). The van der Waals surface area contributed by atoms with Crippen LogP contribution in [0.5, 0.6) is 0 Å². The second-order valence-corrected chi connectivity index (χ2v) is 3.85. The predicted octanol–water partition coefficient (Wildman–Crippen LogP) is 2.20. The van der Waals surface area contributed by atoms with Gasteiger partial charge in [-0.3, -0.25) is 4.98 Å². The minimum absolute atomic E-state index is 0.107. The highest BCUT2D eigenvalue weighted by molar-refractivity contribution is 7.18. The fraction of sp³-hybridized carbons (Fsp3) is 0.125. The van der Waals surface area contributed by atoms with Crippen molar-refractivity contribution < 1.29 is 13.2 Å². The number of aromatic nitrogens is 3. The van der Waals surface area contributed by atoms with E-state index < -0.39 is 11.9 Å². The van der Waals surface area contributed by atoms with E-state index in [9.17, 15) is 13.2 Å². The van der Waals surface area contributed by atoms with Crippen molar-refractivity contribution in [2.75, 3.05) is 5.73 Å². The zero-order chi connectivity index (χ0) is 11.8. The molecule has 0 aliphatic rings. The third kappa shape index (κ3) is 1.96. The number of hydrogen-bond acceptors (Lipinski definition) is 5. The van der Waals surface area contributed by atoms with E-state index in [1.54, 1.807) is 0 Å². The van der Waals surface area contributed by atoms with Crippen molar-refractivity contribution in [1.29, 1.82) is 0 Å². The highest BCUT2D eigenvalue weighted by atomic mass is 32.1. The molecule has 8 heteroatoms. The van der Waals surface area contributed by atoms with Crippen LogP contribution in [0.2, 0.25) is 0 Å². The molecule has 2 aromatic rings. The summed E-state index contributed by atoms with van der Waals surface area (Å²) >= 11 is 0.887. The van der Waals surface area contributed by atoms with E-state index in [1.165, 1.54) is 12.1 Å². The lowest BCUT2D eigenvalue weighted by Crippen LogP contribution is -2.09. The van der Waals surface area contributed by atoms with Gasteiger partial charge in [0.05, 0.1) is 0 Å². The van der Waals surface area contributed by atoms with Crippen LogP contribution in [0.15, 0.2) is 18.3 Å². The number of nitrogens with zero attached hydrogens (tertiary/aromatic N) is 3. The molecule has 0 aromatic carbocycles. The highest BCUT2D eigenvalue weighted by Gasteiger charge is 2.36. The Morgan fingerprint density at radius 1 is 1.25 bits per heavy atom. The second kappa shape index (κ2) is 3.71. The van der Waals surface area contributed by atoms with Crippen molar-refractivity contribution in [3.05, 3.63) is 24.0 Å². The molecule has 0 aliphatic carbocycles. The summed E-state index contributed by atoms with van der Waals surface area (Å²) in [6, 6.07) is 2.69. The Morgan fingerprint density at radius 2 is 2.00 bits per heavy atom.